The first-order valence-corrected chi connectivity index (χ1v) is 5.33. The fourth-order valence-corrected chi connectivity index (χ4v) is 1.40. The van der Waals surface area contributed by atoms with Gasteiger partial charge in [0.15, 0.2) is 11.5 Å². The standard InChI is InChI=1S/C12H12F2O3/c1-7-2-5-9(17-12(13)14)10(6-7)16-11(15)8-3-4-8/h2,5-6,8,12H,3-4H2,1H3. The number of hydrogen-bond acceptors (Lipinski definition) is 3. The molecule has 0 aliphatic heterocycles. The van der Waals surface area contributed by atoms with E-state index in [0.717, 1.165) is 18.4 Å². The quantitative estimate of drug-likeness (QED) is 0.601. The van der Waals surface area contributed by atoms with Crippen LogP contribution in [0.25, 0.3) is 0 Å². The van der Waals surface area contributed by atoms with E-state index >= 15 is 0 Å². The molecule has 0 aromatic heterocycles. The summed E-state index contributed by atoms with van der Waals surface area (Å²) in [7, 11) is 0. The third-order valence-corrected chi connectivity index (χ3v) is 2.44. The summed E-state index contributed by atoms with van der Waals surface area (Å²) in [6, 6.07) is 4.50. The van der Waals surface area contributed by atoms with Crippen molar-refractivity contribution in [1.82, 2.24) is 0 Å². The zero-order valence-electron chi connectivity index (χ0n) is 9.28. The number of halogens is 2. The summed E-state index contributed by atoms with van der Waals surface area (Å²) in [6.45, 7) is -1.16. The Morgan fingerprint density at radius 1 is 1.35 bits per heavy atom. The zero-order chi connectivity index (χ0) is 12.4. The van der Waals surface area contributed by atoms with Gasteiger partial charge in [0.2, 0.25) is 0 Å². The number of carbonyl (C=O) groups is 1. The van der Waals surface area contributed by atoms with Crippen LogP contribution in [0, 0.1) is 12.8 Å². The molecule has 1 aliphatic rings. The molecule has 1 aliphatic carbocycles. The van der Waals surface area contributed by atoms with Crippen molar-refractivity contribution in [1.29, 1.82) is 0 Å². The van der Waals surface area contributed by atoms with Crippen molar-refractivity contribution in [3.8, 4) is 11.5 Å². The molecule has 5 heteroatoms. The number of carbonyl (C=O) groups excluding carboxylic acids is 1. The smallest absolute Gasteiger partial charge is 0.387 e. The number of hydrogen-bond donors (Lipinski definition) is 0. The molecular weight excluding hydrogens is 230 g/mol. The molecule has 0 amide bonds. The monoisotopic (exact) mass is 242 g/mol. The van der Waals surface area contributed by atoms with Crippen LogP contribution in [0.2, 0.25) is 0 Å². The molecule has 0 spiro atoms. The minimum absolute atomic E-state index is 0.0576. The van der Waals surface area contributed by atoms with E-state index in [2.05, 4.69) is 4.74 Å². The van der Waals surface area contributed by atoms with Crippen molar-refractivity contribution < 1.29 is 23.0 Å². The second-order valence-corrected chi connectivity index (χ2v) is 4.02. The van der Waals surface area contributed by atoms with Gasteiger partial charge in [-0.3, -0.25) is 4.79 Å². The molecule has 0 heterocycles. The minimum Gasteiger partial charge on any atom is -0.431 e. The summed E-state index contributed by atoms with van der Waals surface area (Å²) in [5.41, 5.74) is 0.810. The average molecular weight is 242 g/mol. The Bertz CT molecular complexity index is 428. The van der Waals surface area contributed by atoms with Crippen LogP contribution in [0.5, 0.6) is 11.5 Å². The molecule has 0 saturated heterocycles. The molecule has 0 N–H and O–H groups in total. The van der Waals surface area contributed by atoms with Gasteiger partial charge in [-0.25, -0.2) is 0 Å². The first kappa shape index (κ1) is 11.8. The van der Waals surface area contributed by atoms with E-state index < -0.39 is 6.61 Å². The largest absolute Gasteiger partial charge is 0.431 e. The number of benzene rings is 1. The molecule has 0 atom stereocenters. The van der Waals surface area contributed by atoms with Gasteiger partial charge in [-0.2, -0.15) is 8.78 Å². The molecule has 1 saturated carbocycles. The number of esters is 1. The summed E-state index contributed by atoms with van der Waals surface area (Å²) in [5, 5.41) is 0. The van der Waals surface area contributed by atoms with Gasteiger partial charge in [-0.05, 0) is 37.5 Å². The summed E-state index contributed by atoms with van der Waals surface area (Å²) < 4.78 is 33.6. The third-order valence-electron chi connectivity index (χ3n) is 2.44. The lowest BCUT2D eigenvalue weighted by atomic mass is 10.2. The van der Waals surface area contributed by atoms with Gasteiger partial charge in [0.25, 0.3) is 0 Å². The van der Waals surface area contributed by atoms with Gasteiger partial charge >= 0.3 is 12.6 Å². The van der Waals surface area contributed by atoms with Crippen LogP contribution in [0.4, 0.5) is 8.78 Å². The molecular formula is C12H12F2O3. The fourth-order valence-electron chi connectivity index (χ4n) is 1.40. The summed E-state index contributed by atoms with van der Waals surface area (Å²) in [6.07, 6.45) is 1.60. The van der Waals surface area contributed by atoms with Crippen molar-refractivity contribution in [2.45, 2.75) is 26.4 Å². The number of ether oxygens (including phenoxy) is 2. The van der Waals surface area contributed by atoms with Crippen LogP contribution in [-0.4, -0.2) is 12.6 Å². The van der Waals surface area contributed by atoms with E-state index in [1.54, 1.807) is 13.0 Å². The predicted molar refractivity (Wildman–Crippen MR) is 56.2 cm³/mol. The first-order valence-electron chi connectivity index (χ1n) is 5.33. The van der Waals surface area contributed by atoms with E-state index in [9.17, 15) is 13.6 Å². The van der Waals surface area contributed by atoms with E-state index in [0.29, 0.717) is 0 Å². The Kier molecular flexibility index (Phi) is 3.26. The lowest BCUT2D eigenvalue weighted by molar-refractivity contribution is -0.136. The van der Waals surface area contributed by atoms with E-state index in [-0.39, 0.29) is 23.4 Å². The van der Waals surface area contributed by atoms with Crippen molar-refractivity contribution in [2.24, 2.45) is 5.92 Å². The molecule has 17 heavy (non-hydrogen) atoms. The maximum absolute atomic E-state index is 12.1. The first-order chi connectivity index (χ1) is 8.06. The highest BCUT2D eigenvalue weighted by molar-refractivity contribution is 5.78. The van der Waals surface area contributed by atoms with Crippen molar-refractivity contribution in [2.75, 3.05) is 0 Å². The van der Waals surface area contributed by atoms with Crippen molar-refractivity contribution in [3.63, 3.8) is 0 Å². The summed E-state index contributed by atoms with van der Waals surface area (Å²) in [4.78, 5) is 11.5. The average Bonchev–Trinajstić information content (AvgIpc) is 3.05. The molecule has 92 valence electrons. The second kappa shape index (κ2) is 4.69. The van der Waals surface area contributed by atoms with Gasteiger partial charge in [0.1, 0.15) is 0 Å². The van der Waals surface area contributed by atoms with Crippen molar-refractivity contribution >= 4 is 5.97 Å². The van der Waals surface area contributed by atoms with Crippen molar-refractivity contribution in [3.05, 3.63) is 23.8 Å². The molecule has 0 unspecified atom stereocenters. The maximum Gasteiger partial charge on any atom is 0.387 e. The Labute approximate surface area is 97.3 Å². The van der Waals surface area contributed by atoms with Crippen LogP contribution < -0.4 is 9.47 Å². The van der Waals surface area contributed by atoms with E-state index in [1.807, 2.05) is 0 Å². The van der Waals surface area contributed by atoms with Crippen LogP contribution in [0.1, 0.15) is 18.4 Å². The van der Waals surface area contributed by atoms with Gasteiger partial charge in [0, 0.05) is 0 Å². The maximum atomic E-state index is 12.1. The molecule has 1 aromatic carbocycles. The van der Waals surface area contributed by atoms with Crippen LogP contribution in [0.15, 0.2) is 18.2 Å². The summed E-state index contributed by atoms with van der Waals surface area (Å²) >= 11 is 0. The Morgan fingerprint density at radius 3 is 2.65 bits per heavy atom. The molecule has 0 bridgehead atoms. The molecule has 1 fully saturated rings. The molecule has 3 nitrogen and oxygen atoms in total. The van der Waals surface area contributed by atoms with E-state index in [4.69, 9.17) is 4.74 Å². The predicted octanol–water partition coefficient (Wildman–Crippen LogP) is 2.91. The fraction of sp³-hybridized carbons (Fsp3) is 0.417. The lowest BCUT2D eigenvalue weighted by Gasteiger charge is -2.11. The Morgan fingerprint density at radius 2 is 2.06 bits per heavy atom. The van der Waals surface area contributed by atoms with Gasteiger partial charge in [0.05, 0.1) is 5.92 Å². The van der Waals surface area contributed by atoms with Gasteiger partial charge in [-0.1, -0.05) is 6.07 Å². The Hall–Kier alpha value is -1.65. The third kappa shape index (κ3) is 3.15. The molecule has 2 rings (SSSR count). The van der Waals surface area contributed by atoms with Gasteiger partial charge < -0.3 is 9.47 Å². The van der Waals surface area contributed by atoms with Crippen LogP contribution in [-0.2, 0) is 4.79 Å². The molecule has 1 aromatic rings. The minimum atomic E-state index is -2.93. The van der Waals surface area contributed by atoms with Gasteiger partial charge in [-0.15, -0.1) is 0 Å². The number of rotatable bonds is 4. The molecule has 0 radical (unpaired) electrons. The highest BCUT2D eigenvalue weighted by Crippen LogP contribution is 2.34. The van der Waals surface area contributed by atoms with Crippen LogP contribution >= 0.6 is 0 Å². The lowest BCUT2D eigenvalue weighted by Crippen LogP contribution is -2.12. The SMILES string of the molecule is Cc1ccc(OC(F)F)c(OC(=O)C2CC2)c1. The highest BCUT2D eigenvalue weighted by Gasteiger charge is 2.32. The number of aryl methyl sites for hydroxylation is 1. The van der Waals surface area contributed by atoms with Crippen LogP contribution in [0.3, 0.4) is 0 Å². The Balaban J connectivity index is 2.16. The summed E-state index contributed by atoms with van der Waals surface area (Å²) in [5.74, 6) is -0.522. The second-order valence-electron chi connectivity index (χ2n) is 4.02. The highest BCUT2D eigenvalue weighted by atomic mass is 19.3. The number of alkyl halides is 2. The topological polar surface area (TPSA) is 35.5 Å². The normalized spacial score (nSPS) is 14.8. The van der Waals surface area contributed by atoms with E-state index in [1.165, 1.54) is 12.1 Å². The zero-order valence-corrected chi connectivity index (χ0v) is 9.28.